The summed E-state index contributed by atoms with van der Waals surface area (Å²) >= 11 is 0. The Kier molecular flexibility index (Phi) is 4.97. The summed E-state index contributed by atoms with van der Waals surface area (Å²) in [7, 11) is 0. The van der Waals surface area contributed by atoms with Crippen LogP contribution in [0.4, 0.5) is 13.2 Å². The van der Waals surface area contributed by atoms with Crippen molar-refractivity contribution >= 4 is 5.91 Å². The second-order valence-corrected chi connectivity index (χ2v) is 5.47. The summed E-state index contributed by atoms with van der Waals surface area (Å²) in [6.07, 6.45) is 0.252. The molecule has 1 N–H and O–H groups in total. The van der Waals surface area contributed by atoms with Crippen LogP contribution in [-0.4, -0.2) is 15.9 Å². The molecular formula is C19H14F3N3O. The number of alkyl halides is 3. The van der Waals surface area contributed by atoms with Gasteiger partial charge in [-0.15, -0.1) is 0 Å². The lowest BCUT2D eigenvalue weighted by Gasteiger charge is -2.13. The zero-order valence-corrected chi connectivity index (χ0v) is 13.5. The Morgan fingerprint density at radius 3 is 2.42 bits per heavy atom. The summed E-state index contributed by atoms with van der Waals surface area (Å²) < 4.78 is 39.2. The highest BCUT2D eigenvalue weighted by Crippen LogP contribution is 2.31. The number of rotatable bonds is 4. The minimum Gasteiger partial charge on any atom is -0.348 e. The fraction of sp³-hybridized carbons (Fsp3) is 0.105. The standard InChI is InChI=1S/C19H14F3N3O/c20-19(21,22)16-6-2-1-5-15(16)18(26)25-12-14-4-3-9-24-17(14)13-7-10-23-11-8-13/h1-11H,12H2,(H,25,26). The van der Waals surface area contributed by atoms with Crippen molar-refractivity contribution in [3.63, 3.8) is 0 Å². The number of halogens is 3. The summed E-state index contributed by atoms with van der Waals surface area (Å²) in [6.45, 7) is 0.0521. The summed E-state index contributed by atoms with van der Waals surface area (Å²) in [4.78, 5) is 20.5. The molecule has 2 heterocycles. The maximum Gasteiger partial charge on any atom is 0.417 e. The third-order valence-electron chi connectivity index (χ3n) is 3.76. The van der Waals surface area contributed by atoms with Gasteiger partial charge in [0.05, 0.1) is 16.8 Å². The lowest BCUT2D eigenvalue weighted by atomic mass is 10.1. The van der Waals surface area contributed by atoms with Crippen LogP contribution < -0.4 is 5.32 Å². The molecule has 1 amide bonds. The summed E-state index contributed by atoms with van der Waals surface area (Å²) in [5.41, 5.74) is 0.767. The molecule has 4 nitrogen and oxygen atoms in total. The van der Waals surface area contributed by atoms with E-state index in [9.17, 15) is 18.0 Å². The minimum atomic E-state index is -4.59. The largest absolute Gasteiger partial charge is 0.417 e. The number of pyridine rings is 2. The first kappa shape index (κ1) is 17.6. The smallest absolute Gasteiger partial charge is 0.348 e. The summed E-state index contributed by atoms with van der Waals surface area (Å²) in [5.74, 6) is -0.789. The van der Waals surface area contributed by atoms with E-state index in [2.05, 4.69) is 15.3 Å². The molecular weight excluding hydrogens is 343 g/mol. The first-order valence-corrected chi connectivity index (χ1v) is 7.75. The molecule has 0 aliphatic carbocycles. The molecule has 1 aromatic carbocycles. The number of benzene rings is 1. The Hall–Kier alpha value is -3.22. The summed E-state index contributed by atoms with van der Waals surface area (Å²) in [5, 5.41) is 2.54. The molecule has 2 aromatic heterocycles. The van der Waals surface area contributed by atoms with Crippen LogP contribution in [0.15, 0.2) is 67.1 Å². The predicted octanol–water partition coefficient (Wildman–Crippen LogP) is 4.09. The number of nitrogens with zero attached hydrogens (tertiary/aromatic N) is 2. The first-order chi connectivity index (χ1) is 12.5. The minimum absolute atomic E-state index is 0.0521. The normalized spacial score (nSPS) is 11.2. The van der Waals surface area contributed by atoms with Gasteiger partial charge in [-0.25, -0.2) is 0 Å². The number of carbonyl (C=O) groups is 1. The third-order valence-corrected chi connectivity index (χ3v) is 3.76. The number of amides is 1. The molecule has 0 saturated heterocycles. The highest BCUT2D eigenvalue weighted by atomic mass is 19.4. The van der Waals surface area contributed by atoms with Crippen LogP contribution in [0.1, 0.15) is 21.5 Å². The number of carbonyl (C=O) groups excluding carboxylic acids is 1. The van der Waals surface area contributed by atoms with Gasteiger partial charge in [0.1, 0.15) is 0 Å². The van der Waals surface area contributed by atoms with E-state index in [1.165, 1.54) is 12.1 Å². The molecule has 0 bridgehead atoms. The first-order valence-electron chi connectivity index (χ1n) is 7.75. The molecule has 3 aromatic rings. The zero-order valence-electron chi connectivity index (χ0n) is 13.5. The van der Waals surface area contributed by atoms with Gasteiger partial charge in [0.15, 0.2) is 0 Å². The van der Waals surface area contributed by atoms with E-state index in [1.54, 1.807) is 42.9 Å². The van der Waals surface area contributed by atoms with Gasteiger partial charge >= 0.3 is 6.18 Å². The molecule has 26 heavy (non-hydrogen) atoms. The van der Waals surface area contributed by atoms with E-state index in [0.29, 0.717) is 11.3 Å². The van der Waals surface area contributed by atoms with E-state index in [4.69, 9.17) is 0 Å². The predicted molar refractivity (Wildman–Crippen MR) is 90.1 cm³/mol. The van der Waals surface area contributed by atoms with Gasteiger partial charge < -0.3 is 5.32 Å². The van der Waals surface area contributed by atoms with Crippen LogP contribution in [0.25, 0.3) is 11.3 Å². The number of hydrogen-bond donors (Lipinski definition) is 1. The molecule has 7 heteroatoms. The van der Waals surface area contributed by atoms with Gasteiger partial charge in [0.25, 0.3) is 5.91 Å². The van der Waals surface area contributed by atoms with Crippen molar-refractivity contribution in [1.29, 1.82) is 0 Å². The average Bonchev–Trinajstić information content (AvgIpc) is 2.66. The molecule has 0 atom stereocenters. The molecule has 0 radical (unpaired) electrons. The van der Waals surface area contributed by atoms with Gasteiger partial charge in [0.2, 0.25) is 0 Å². The molecule has 0 fully saturated rings. The second kappa shape index (κ2) is 7.35. The van der Waals surface area contributed by atoms with Crippen molar-refractivity contribution in [2.45, 2.75) is 12.7 Å². The van der Waals surface area contributed by atoms with Crippen molar-refractivity contribution in [3.05, 3.63) is 83.8 Å². The fourth-order valence-electron chi connectivity index (χ4n) is 2.55. The number of hydrogen-bond acceptors (Lipinski definition) is 3. The average molecular weight is 357 g/mol. The van der Waals surface area contributed by atoms with Crippen LogP contribution in [0.3, 0.4) is 0 Å². The summed E-state index contributed by atoms with van der Waals surface area (Å²) in [6, 6.07) is 11.7. The highest BCUT2D eigenvalue weighted by molar-refractivity contribution is 5.95. The lowest BCUT2D eigenvalue weighted by Crippen LogP contribution is -2.26. The van der Waals surface area contributed by atoms with E-state index in [-0.39, 0.29) is 6.54 Å². The molecule has 3 rings (SSSR count). The SMILES string of the molecule is O=C(NCc1cccnc1-c1ccncc1)c1ccccc1C(F)(F)F. The molecule has 132 valence electrons. The van der Waals surface area contributed by atoms with Crippen LogP contribution in [0.2, 0.25) is 0 Å². The molecule has 0 aliphatic heterocycles. The van der Waals surface area contributed by atoms with Gasteiger partial charge in [-0.2, -0.15) is 13.2 Å². The van der Waals surface area contributed by atoms with E-state index < -0.39 is 23.2 Å². The molecule has 0 spiro atoms. The van der Waals surface area contributed by atoms with Crippen molar-refractivity contribution in [2.75, 3.05) is 0 Å². The van der Waals surface area contributed by atoms with Crippen molar-refractivity contribution in [3.8, 4) is 11.3 Å². The second-order valence-electron chi connectivity index (χ2n) is 5.47. The molecule has 0 saturated carbocycles. The lowest BCUT2D eigenvalue weighted by molar-refractivity contribution is -0.137. The Bertz CT molecular complexity index is 911. The Balaban J connectivity index is 1.82. The van der Waals surface area contributed by atoms with Crippen molar-refractivity contribution in [1.82, 2.24) is 15.3 Å². The van der Waals surface area contributed by atoms with Crippen LogP contribution in [0.5, 0.6) is 0 Å². The number of aromatic nitrogens is 2. The van der Waals surface area contributed by atoms with E-state index in [0.717, 1.165) is 17.7 Å². The van der Waals surface area contributed by atoms with Gasteiger partial charge in [-0.05, 0) is 35.9 Å². The zero-order chi connectivity index (χ0) is 18.6. The van der Waals surface area contributed by atoms with Gasteiger partial charge in [-0.1, -0.05) is 18.2 Å². The maximum atomic E-state index is 13.1. The highest BCUT2D eigenvalue weighted by Gasteiger charge is 2.34. The number of nitrogens with one attached hydrogen (secondary N) is 1. The fourth-order valence-corrected chi connectivity index (χ4v) is 2.55. The van der Waals surface area contributed by atoms with Gasteiger partial charge in [-0.3, -0.25) is 14.8 Å². The Morgan fingerprint density at radius 2 is 1.69 bits per heavy atom. The maximum absolute atomic E-state index is 13.1. The monoisotopic (exact) mass is 357 g/mol. The van der Waals surface area contributed by atoms with Crippen LogP contribution in [-0.2, 0) is 12.7 Å². The van der Waals surface area contributed by atoms with Crippen molar-refractivity contribution in [2.24, 2.45) is 0 Å². The Morgan fingerprint density at radius 1 is 0.962 bits per heavy atom. The van der Waals surface area contributed by atoms with Gasteiger partial charge in [0, 0.05) is 30.7 Å². The van der Waals surface area contributed by atoms with Crippen LogP contribution >= 0.6 is 0 Å². The van der Waals surface area contributed by atoms with E-state index >= 15 is 0 Å². The van der Waals surface area contributed by atoms with Crippen molar-refractivity contribution < 1.29 is 18.0 Å². The molecule has 0 aliphatic rings. The third kappa shape index (κ3) is 3.88. The van der Waals surface area contributed by atoms with Crippen LogP contribution in [0, 0.1) is 0 Å². The van der Waals surface area contributed by atoms with E-state index in [1.807, 2.05) is 0 Å². The quantitative estimate of drug-likeness (QED) is 0.765. The Labute approximate surface area is 147 Å². The molecule has 0 unspecified atom stereocenters. The topological polar surface area (TPSA) is 54.9 Å².